The van der Waals surface area contributed by atoms with Gasteiger partial charge in [-0.1, -0.05) is 18.9 Å². The Labute approximate surface area is 175 Å². The fraction of sp³-hybridized carbons (Fsp3) is 0.696. The molecule has 0 unspecified atom stereocenters. The third-order valence-electron chi connectivity index (χ3n) is 6.41. The molecule has 2 fully saturated rings. The number of hydrogen-bond acceptors (Lipinski definition) is 5. The predicted molar refractivity (Wildman–Crippen MR) is 115 cm³/mol. The van der Waals surface area contributed by atoms with Gasteiger partial charge in [0.05, 0.1) is 20.3 Å². The van der Waals surface area contributed by atoms with Gasteiger partial charge in [-0.3, -0.25) is 4.79 Å². The maximum Gasteiger partial charge on any atom is 0.241 e. The summed E-state index contributed by atoms with van der Waals surface area (Å²) >= 11 is 0. The van der Waals surface area contributed by atoms with Gasteiger partial charge < -0.3 is 24.6 Å². The summed E-state index contributed by atoms with van der Waals surface area (Å²) in [4.78, 5) is 17.8. The van der Waals surface area contributed by atoms with Crippen LogP contribution in [0.5, 0.6) is 11.5 Å². The number of fused-ring (bicyclic) bond motifs is 1. The molecule has 3 rings (SSSR count). The molecule has 0 aromatic heterocycles. The van der Waals surface area contributed by atoms with Crippen LogP contribution in [0.15, 0.2) is 18.2 Å². The molecule has 6 heteroatoms. The van der Waals surface area contributed by atoms with Gasteiger partial charge in [-0.05, 0) is 51.8 Å². The molecule has 1 N–H and O–H groups in total. The van der Waals surface area contributed by atoms with Crippen molar-refractivity contribution in [3.05, 3.63) is 23.8 Å². The van der Waals surface area contributed by atoms with Crippen LogP contribution in [0.2, 0.25) is 0 Å². The Kier molecular flexibility index (Phi) is 7.78. The number of likely N-dealkylation sites (N-methyl/N-ethyl adjacent to an activating group) is 1. The summed E-state index contributed by atoms with van der Waals surface area (Å²) < 4.78 is 10.8. The molecule has 1 aliphatic carbocycles. The van der Waals surface area contributed by atoms with Gasteiger partial charge in [0.25, 0.3) is 0 Å². The molecule has 0 spiro atoms. The maximum atomic E-state index is 13.6. The fourth-order valence-corrected chi connectivity index (χ4v) is 4.92. The van der Waals surface area contributed by atoms with E-state index in [0.29, 0.717) is 25.0 Å². The minimum Gasteiger partial charge on any atom is -0.497 e. The van der Waals surface area contributed by atoms with Gasteiger partial charge in [0.2, 0.25) is 5.91 Å². The number of likely N-dealkylation sites (tertiary alicyclic amines) is 1. The summed E-state index contributed by atoms with van der Waals surface area (Å²) in [5, 5.41) is 3.52. The normalized spacial score (nSPS) is 22.9. The van der Waals surface area contributed by atoms with Gasteiger partial charge in [-0.25, -0.2) is 0 Å². The highest BCUT2D eigenvalue weighted by Gasteiger charge is 2.38. The Morgan fingerprint density at radius 3 is 2.66 bits per heavy atom. The van der Waals surface area contributed by atoms with Crippen molar-refractivity contribution in [3.8, 4) is 11.5 Å². The van der Waals surface area contributed by atoms with Gasteiger partial charge >= 0.3 is 0 Å². The molecule has 1 aromatic rings. The minimum absolute atomic E-state index is 0.225. The summed E-state index contributed by atoms with van der Waals surface area (Å²) in [5.41, 5.74) is 1.03. The molecule has 1 aromatic carbocycles. The van der Waals surface area contributed by atoms with Gasteiger partial charge in [0.1, 0.15) is 11.5 Å². The Morgan fingerprint density at radius 1 is 1.17 bits per heavy atom. The second kappa shape index (κ2) is 10.3. The van der Waals surface area contributed by atoms with Crippen molar-refractivity contribution in [2.24, 2.45) is 5.92 Å². The second-order valence-electron chi connectivity index (χ2n) is 8.66. The second-order valence-corrected chi connectivity index (χ2v) is 8.66. The van der Waals surface area contributed by atoms with Crippen LogP contribution in [-0.4, -0.2) is 69.2 Å². The highest BCUT2D eigenvalue weighted by atomic mass is 16.5. The largest absolute Gasteiger partial charge is 0.497 e. The molecule has 0 bridgehead atoms. The quantitative estimate of drug-likeness (QED) is 0.723. The lowest BCUT2D eigenvalue weighted by molar-refractivity contribution is -0.140. The molecule has 2 aliphatic rings. The standard InChI is InChI=1S/C23H37N3O3/c1-25(2)16-20(24-15-18-11-12-19(28-3)14-22(18)29-4)23(27)26-13-7-9-17-8-5-6-10-21(17)26/h11-12,14,17,20-21,24H,5-10,13,15-16H2,1-4H3/t17-,20-,21+/m1/s1. The summed E-state index contributed by atoms with van der Waals surface area (Å²) in [6.45, 7) is 2.17. The first-order valence-corrected chi connectivity index (χ1v) is 10.9. The number of ether oxygens (including phenoxy) is 2. The van der Waals surface area contributed by atoms with Gasteiger partial charge in [-0.15, -0.1) is 0 Å². The van der Waals surface area contributed by atoms with E-state index in [-0.39, 0.29) is 11.9 Å². The molecular weight excluding hydrogens is 366 g/mol. The first-order valence-electron chi connectivity index (χ1n) is 10.9. The van der Waals surface area contributed by atoms with E-state index in [0.717, 1.165) is 36.4 Å². The molecule has 1 saturated heterocycles. The highest BCUT2D eigenvalue weighted by molar-refractivity contribution is 5.82. The zero-order valence-electron chi connectivity index (χ0n) is 18.4. The Bertz CT molecular complexity index is 677. The lowest BCUT2D eigenvalue weighted by Gasteiger charge is -2.45. The Hall–Kier alpha value is -1.79. The predicted octanol–water partition coefficient (Wildman–Crippen LogP) is 2.90. The highest BCUT2D eigenvalue weighted by Crippen LogP contribution is 2.35. The molecule has 1 aliphatic heterocycles. The molecular formula is C23H37N3O3. The number of amides is 1. The number of benzene rings is 1. The number of nitrogens with one attached hydrogen (secondary N) is 1. The Morgan fingerprint density at radius 2 is 1.93 bits per heavy atom. The lowest BCUT2D eigenvalue weighted by atomic mass is 9.78. The van der Waals surface area contributed by atoms with Crippen molar-refractivity contribution >= 4 is 5.91 Å². The van der Waals surface area contributed by atoms with Crippen molar-refractivity contribution in [1.29, 1.82) is 0 Å². The van der Waals surface area contributed by atoms with E-state index >= 15 is 0 Å². The monoisotopic (exact) mass is 403 g/mol. The summed E-state index contributed by atoms with van der Waals surface area (Å²) in [6, 6.07) is 6.03. The van der Waals surface area contributed by atoms with Crippen LogP contribution < -0.4 is 14.8 Å². The van der Waals surface area contributed by atoms with Crippen molar-refractivity contribution < 1.29 is 14.3 Å². The average molecular weight is 404 g/mol. The van der Waals surface area contributed by atoms with Crippen molar-refractivity contribution in [1.82, 2.24) is 15.1 Å². The van der Waals surface area contributed by atoms with Crippen LogP contribution in [0.3, 0.4) is 0 Å². The SMILES string of the molecule is COc1ccc(CN[C@H](CN(C)C)C(=O)N2CCC[C@H]3CCCC[C@@H]32)c(OC)c1. The minimum atomic E-state index is -0.225. The van der Waals surface area contributed by atoms with E-state index in [9.17, 15) is 4.79 Å². The van der Waals surface area contributed by atoms with Gasteiger partial charge in [-0.2, -0.15) is 0 Å². The fourth-order valence-electron chi connectivity index (χ4n) is 4.92. The summed E-state index contributed by atoms with van der Waals surface area (Å²) in [7, 11) is 7.36. The summed E-state index contributed by atoms with van der Waals surface area (Å²) in [6.07, 6.45) is 7.43. The molecule has 162 valence electrons. The van der Waals surface area contributed by atoms with Gasteiger partial charge in [0.15, 0.2) is 0 Å². The average Bonchev–Trinajstić information content (AvgIpc) is 2.75. The maximum absolute atomic E-state index is 13.6. The zero-order valence-corrected chi connectivity index (χ0v) is 18.4. The van der Waals surface area contributed by atoms with Crippen molar-refractivity contribution in [2.75, 3.05) is 41.4 Å². The molecule has 1 amide bonds. The number of rotatable bonds is 8. The number of piperidine rings is 1. The molecule has 1 heterocycles. The van der Waals surface area contributed by atoms with Crippen LogP contribution in [0.1, 0.15) is 44.1 Å². The van der Waals surface area contributed by atoms with Crippen LogP contribution in [0, 0.1) is 5.92 Å². The third kappa shape index (κ3) is 5.43. The van der Waals surface area contributed by atoms with Crippen LogP contribution in [0.25, 0.3) is 0 Å². The number of methoxy groups -OCH3 is 2. The van der Waals surface area contributed by atoms with Crippen LogP contribution in [-0.2, 0) is 11.3 Å². The van der Waals surface area contributed by atoms with E-state index in [1.54, 1.807) is 14.2 Å². The third-order valence-corrected chi connectivity index (χ3v) is 6.41. The molecule has 1 saturated carbocycles. The molecule has 6 nitrogen and oxygen atoms in total. The Balaban J connectivity index is 1.71. The number of hydrogen-bond donors (Lipinski definition) is 1. The topological polar surface area (TPSA) is 54.0 Å². The zero-order chi connectivity index (χ0) is 20.8. The van der Waals surface area contributed by atoms with Gasteiger partial charge in [0, 0.05) is 37.3 Å². The smallest absolute Gasteiger partial charge is 0.241 e. The number of carbonyl (C=O) groups excluding carboxylic acids is 1. The van der Waals surface area contributed by atoms with E-state index in [1.165, 1.54) is 25.7 Å². The number of nitrogens with zero attached hydrogens (tertiary/aromatic N) is 2. The molecule has 3 atom stereocenters. The first-order chi connectivity index (χ1) is 14.0. The summed E-state index contributed by atoms with van der Waals surface area (Å²) in [5.74, 6) is 2.49. The van der Waals surface area contributed by atoms with Crippen LogP contribution >= 0.6 is 0 Å². The molecule has 0 radical (unpaired) electrons. The lowest BCUT2D eigenvalue weighted by Crippen LogP contribution is -2.57. The number of carbonyl (C=O) groups is 1. The van der Waals surface area contributed by atoms with E-state index in [2.05, 4.69) is 15.1 Å². The molecule has 29 heavy (non-hydrogen) atoms. The van der Waals surface area contributed by atoms with E-state index in [4.69, 9.17) is 9.47 Å². The van der Waals surface area contributed by atoms with Crippen molar-refractivity contribution in [2.45, 2.75) is 57.2 Å². The van der Waals surface area contributed by atoms with Crippen molar-refractivity contribution in [3.63, 3.8) is 0 Å². The van der Waals surface area contributed by atoms with Crippen LogP contribution in [0.4, 0.5) is 0 Å². The van der Waals surface area contributed by atoms with E-state index in [1.807, 2.05) is 32.3 Å². The first kappa shape index (κ1) is 21.9. The van der Waals surface area contributed by atoms with E-state index < -0.39 is 0 Å².